The maximum Gasteiger partial charge on any atom is 0.233 e. The van der Waals surface area contributed by atoms with Crippen LogP contribution in [0.15, 0.2) is 52.9 Å². The summed E-state index contributed by atoms with van der Waals surface area (Å²) < 4.78 is 5.21. The number of hydrogen-bond donors (Lipinski definition) is 1. The smallest absolute Gasteiger partial charge is 0.233 e. The van der Waals surface area contributed by atoms with Crippen LogP contribution >= 0.6 is 0 Å². The molecule has 5 nitrogen and oxygen atoms in total. The molecule has 0 aliphatic heterocycles. The maximum atomic E-state index is 12.0. The summed E-state index contributed by atoms with van der Waals surface area (Å²) in [5, 5.41) is 10.4. The number of carbonyl (C=O) groups is 1. The number of carbonyl (C=O) groups excluding carboxylic acids is 1. The summed E-state index contributed by atoms with van der Waals surface area (Å²) in [6.07, 6.45) is 2.32. The molecule has 0 spiro atoms. The van der Waals surface area contributed by atoms with Gasteiger partial charge in [0.2, 0.25) is 17.7 Å². The number of aromatic nitrogens is 2. The van der Waals surface area contributed by atoms with Crippen molar-refractivity contribution < 1.29 is 9.21 Å². The van der Waals surface area contributed by atoms with Gasteiger partial charge in [-0.3, -0.25) is 4.79 Å². The number of amides is 1. The predicted molar refractivity (Wildman–Crippen MR) is 97.2 cm³/mol. The van der Waals surface area contributed by atoms with E-state index < -0.39 is 0 Å². The van der Waals surface area contributed by atoms with Gasteiger partial charge in [-0.1, -0.05) is 49.7 Å². The SMILES string of the molecule is CCCc1ccc(-c2ccc(NC(=O)Cc3nnc(C)o3)cc2)cc1. The minimum absolute atomic E-state index is 0.0709. The summed E-state index contributed by atoms with van der Waals surface area (Å²) in [6.45, 7) is 3.88. The van der Waals surface area contributed by atoms with Crippen molar-refractivity contribution in [1.82, 2.24) is 10.2 Å². The highest BCUT2D eigenvalue weighted by molar-refractivity contribution is 5.92. The third-order valence-corrected chi connectivity index (χ3v) is 3.87. The molecular weight excluding hydrogens is 314 g/mol. The molecule has 0 aliphatic rings. The van der Waals surface area contributed by atoms with Crippen molar-refractivity contribution in [2.45, 2.75) is 33.1 Å². The summed E-state index contributed by atoms with van der Waals surface area (Å²) in [7, 11) is 0. The van der Waals surface area contributed by atoms with Crippen LogP contribution < -0.4 is 5.32 Å². The minimum Gasteiger partial charge on any atom is -0.425 e. The maximum absolute atomic E-state index is 12.0. The van der Waals surface area contributed by atoms with Crippen molar-refractivity contribution in [3.8, 4) is 11.1 Å². The molecule has 5 heteroatoms. The second-order valence-electron chi connectivity index (χ2n) is 5.96. The first-order valence-electron chi connectivity index (χ1n) is 8.42. The van der Waals surface area contributed by atoms with E-state index in [1.165, 1.54) is 11.1 Å². The van der Waals surface area contributed by atoms with Crippen LogP contribution in [-0.2, 0) is 17.6 Å². The van der Waals surface area contributed by atoms with Gasteiger partial charge in [-0.25, -0.2) is 0 Å². The molecule has 0 bridgehead atoms. The number of nitrogens with one attached hydrogen (secondary N) is 1. The van der Waals surface area contributed by atoms with Gasteiger partial charge in [0.25, 0.3) is 0 Å². The van der Waals surface area contributed by atoms with Crippen LogP contribution in [0, 0.1) is 6.92 Å². The second kappa shape index (κ2) is 7.75. The zero-order chi connectivity index (χ0) is 17.6. The molecule has 0 radical (unpaired) electrons. The van der Waals surface area contributed by atoms with Gasteiger partial charge in [-0.15, -0.1) is 10.2 Å². The van der Waals surface area contributed by atoms with E-state index in [0.29, 0.717) is 11.8 Å². The first kappa shape index (κ1) is 16.9. The third-order valence-electron chi connectivity index (χ3n) is 3.87. The summed E-state index contributed by atoms with van der Waals surface area (Å²) >= 11 is 0. The molecule has 0 unspecified atom stereocenters. The van der Waals surface area contributed by atoms with Crippen molar-refractivity contribution in [3.05, 3.63) is 65.9 Å². The topological polar surface area (TPSA) is 68.0 Å². The molecule has 0 aliphatic carbocycles. The van der Waals surface area contributed by atoms with E-state index >= 15 is 0 Å². The highest BCUT2D eigenvalue weighted by Gasteiger charge is 2.09. The lowest BCUT2D eigenvalue weighted by Crippen LogP contribution is -2.14. The Balaban J connectivity index is 1.62. The average Bonchev–Trinajstić information content (AvgIpc) is 3.01. The summed E-state index contributed by atoms with van der Waals surface area (Å²) in [4.78, 5) is 12.0. The Bertz CT molecular complexity index is 836. The van der Waals surface area contributed by atoms with Crippen molar-refractivity contribution in [1.29, 1.82) is 0 Å². The van der Waals surface area contributed by atoms with Gasteiger partial charge in [0.05, 0.1) is 0 Å². The molecule has 0 saturated heterocycles. The van der Waals surface area contributed by atoms with Crippen molar-refractivity contribution in [3.63, 3.8) is 0 Å². The molecule has 0 saturated carbocycles. The molecule has 0 atom stereocenters. The van der Waals surface area contributed by atoms with Gasteiger partial charge in [0, 0.05) is 12.6 Å². The molecule has 1 N–H and O–H groups in total. The Morgan fingerprint density at radius 2 is 1.64 bits per heavy atom. The van der Waals surface area contributed by atoms with E-state index in [9.17, 15) is 4.79 Å². The number of nitrogens with zero attached hydrogens (tertiary/aromatic N) is 2. The lowest BCUT2D eigenvalue weighted by atomic mass is 10.0. The average molecular weight is 335 g/mol. The summed E-state index contributed by atoms with van der Waals surface area (Å²) in [5.41, 5.74) is 4.38. The number of anilines is 1. The monoisotopic (exact) mass is 335 g/mol. The molecule has 3 rings (SSSR count). The number of rotatable bonds is 6. The van der Waals surface area contributed by atoms with Gasteiger partial charge in [-0.2, -0.15) is 0 Å². The fraction of sp³-hybridized carbons (Fsp3) is 0.250. The number of aryl methyl sites for hydroxylation is 2. The molecule has 1 aromatic heterocycles. The first-order valence-corrected chi connectivity index (χ1v) is 8.42. The summed E-state index contributed by atoms with van der Waals surface area (Å²) in [5.74, 6) is 0.594. The van der Waals surface area contributed by atoms with Crippen molar-refractivity contribution in [2.24, 2.45) is 0 Å². The van der Waals surface area contributed by atoms with Crippen LogP contribution in [0.2, 0.25) is 0 Å². The Hall–Kier alpha value is -2.95. The Morgan fingerprint density at radius 3 is 2.20 bits per heavy atom. The van der Waals surface area contributed by atoms with Crippen LogP contribution in [0.5, 0.6) is 0 Å². The first-order chi connectivity index (χ1) is 12.1. The predicted octanol–water partition coefficient (Wildman–Crippen LogP) is 4.18. The van der Waals surface area contributed by atoms with Gasteiger partial charge in [0.15, 0.2) is 0 Å². The van der Waals surface area contributed by atoms with E-state index in [-0.39, 0.29) is 12.3 Å². The second-order valence-corrected chi connectivity index (χ2v) is 5.96. The van der Waals surface area contributed by atoms with Gasteiger partial charge >= 0.3 is 0 Å². The van der Waals surface area contributed by atoms with E-state index in [2.05, 4.69) is 46.7 Å². The molecule has 2 aromatic carbocycles. The Labute approximate surface area is 147 Å². The standard InChI is InChI=1S/C20H21N3O2/c1-3-4-15-5-7-16(8-6-15)17-9-11-18(12-10-17)21-19(24)13-20-23-22-14(2)25-20/h5-12H,3-4,13H2,1-2H3,(H,21,24). The van der Waals surface area contributed by atoms with E-state index in [1.807, 2.05) is 24.3 Å². The highest BCUT2D eigenvalue weighted by Crippen LogP contribution is 2.22. The van der Waals surface area contributed by atoms with Gasteiger partial charge in [0.1, 0.15) is 6.42 Å². The number of hydrogen-bond acceptors (Lipinski definition) is 4. The lowest BCUT2D eigenvalue weighted by Gasteiger charge is -2.07. The normalized spacial score (nSPS) is 10.6. The van der Waals surface area contributed by atoms with Crippen LogP contribution in [0.3, 0.4) is 0 Å². The molecule has 1 amide bonds. The largest absolute Gasteiger partial charge is 0.425 e. The van der Waals surface area contributed by atoms with Crippen molar-refractivity contribution >= 4 is 11.6 Å². The van der Waals surface area contributed by atoms with Crippen LogP contribution in [0.1, 0.15) is 30.7 Å². The molecule has 0 fully saturated rings. The summed E-state index contributed by atoms with van der Waals surface area (Å²) in [6, 6.07) is 16.4. The minimum atomic E-state index is -0.180. The van der Waals surface area contributed by atoms with Crippen LogP contribution in [-0.4, -0.2) is 16.1 Å². The quantitative estimate of drug-likeness (QED) is 0.734. The number of benzene rings is 2. The highest BCUT2D eigenvalue weighted by atomic mass is 16.4. The molecule has 25 heavy (non-hydrogen) atoms. The molecule has 1 heterocycles. The lowest BCUT2D eigenvalue weighted by molar-refractivity contribution is -0.115. The molecular formula is C20H21N3O2. The van der Waals surface area contributed by atoms with Crippen LogP contribution in [0.25, 0.3) is 11.1 Å². The molecule has 128 valence electrons. The fourth-order valence-corrected chi connectivity index (χ4v) is 2.65. The van der Waals surface area contributed by atoms with Crippen LogP contribution in [0.4, 0.5) is 5.69 Å². The Kier molecular flexibility index (Phi) is 5.23. The van der Waals surface area contributed by atoms with Gasteiger partial charge in [-0.05, 0) is 35.2 Å². The third kappa shape index (κ3) is 4.53. The fourth-order valence-electron chi connectivity index (χ4n) is 2.65. The van der Waals surface area contributed by atoms with E-state index in [1.54, 1.807) is 6.92 Å². The molecule has 3 aromatic rings. The Morgan fingerprint density at radius 1 is 1.00 bits per heavy atom. The van der Waals surface area contributed by atoms with Gasteiger partial charge < -0.3 is 9.73 Å². The zero-order valence-corrected chi connectivity index (χ0v) is 14.5. The van der Waals surface area contributed by atoms with E-state index in [4.69, 9.17) is 4.42 Å². The van der Waals surface area contributed by atoms with E-state index in [0.717, 1.165) is 24.1 Å². The van der Waals surface area contributed by atoms with Crippen molar-refractivity contribution in [2.75, 3.05) is 5.32 Å². The zero-order valence-electron chi connectivity index (χ0n) is 14.5.